The fourth-order valence-electron chi connectivity index (χ4n) is 2.45. The molecular weight excluding hydrogens is 467 g/mol. The summed E-state index contributed by atoms with van der Waals surface area (Å²) in [6, 6.07) is 9.07. The van der Waals surface area contributed by atoms with Crippen LogP contribution in [0.5, 0.6) is 0 Å². The summed E-state index contributed by atoms with van der Waals surface area (Å²) < 4.78 is 10.5. The van der Waals surface area contributed by atoms with E-state index in [-0.39, 0.29) is 24.0 Å². The predicted octanol–water partition coefficient (Wildman–Crippen LogP) is 3.25. The Kier molecular flexibility index (Phi) is 16.5. The lowest BCUT2D eigenvalue weighted by Gasteiger charge is -2.22. The highest BCUT2D eigenvalue weighted by atomic mass is 127. The van der Waals surface area contributed by atoms with E-state index in [2.05, 4.69) is 67.6 Å². The van der Waals surface area contributed by atoms with E-state index in [0.717, 1.165) is 38.6 Å². The van der Waals surface area contributed by atoms with E-state index in [0.29, 0.717) is 25.8 Å². The van der Waals surface area contributed by atoms with Crippen LogP contribution in [0.1, 0.15) is 38.3 Å². The number of hydrogen-bond acceptors (Lipinski definition) is 4. The molecular formula is C21H39IN4O2. The van der Waals surface area contributed by atoms with Gasteiger partial charge >= 0.3 is 0 Å². The first-order valence-electron chi connectivity index (χ1n) is 9.94. The molecule has 0 fully saturated rings. The van der Waals surface area contributed by atoms with Gasteiger partial charge in [0.2, 0.25) is 0 Å². The van der Waals surface area contributed by atoms with E-state index in [4.69, 9.17) is 14.5 Å². The summed E-state index contributed by atoms with van der Waals surface area (Å²) in [5.41, 5.74) is 2.60. The van der Waals surface area contributed by atoms with Gasteiger partial charge in [-0.25, -0.2) is 4.99 Å². The molecule has 0 aromatic heterocycles. The van der Waals surface area contributed by atoms with Crippen LogP contribution in [0.15, 0.2) is 29.3 Å². The molecule has 0 radical (unpaired) electrons. The zero-order chi connectivity index (χ0) is 19.9. The number of rotatable bonds is 13. The fourth-order valence-corrected chi connectivity index (χ4v) is 2.45. The summed E-state index contributed by atoms with van der Waals surface area (Å²) in [6.07, 6.45) is 0.934. The van der Waals surface area contributed by atoms with E-state index >= 15 is 0 Å². The molecule has 0 amide bonds. The monoisotopic (exact) mass is 506 g/mol. The molecule has 1 aromatic carbocycles. The lowest BCUT2D eigenvalue weighted by atomic mass is 10.1. The first-order chi connectivity index (χ1) is 13.1. The summed E-state index contributed by atoms with van der Waals surface area (Å²) in [7, 11) is 3.84. The van der Waals surface area contributed by atoms with Gasteiger partial charge in [-0.05, 0) is 45.4 Å². The third-order valence-electron chi connectivity index (χ3n) is 4.36. The van der Waals surface area contributed by atoms with Crippen molar-refractivity contribution in [2.24, 2.45) is 4.99 Å². The molecule has 0 bridgehead atoms. The number of methoxy groups -OCH3 is 1. The fraction of sp³-hybridized carbons (Fsp3) is 0.667. The smallest absolute Gasteiger partial charge is 0.191 e. The van der Waals surface area contributed by atoms with Gasteiger partial charge in [-0.2, -0.15) is 0 Å². The minimum atomic E-state index is 0. The molecule has 0 saturated carbocycles. The highest BCUT2D eigenvalue weighted by Crippen LogP contribution is 2.13. The lowest BCUT2D eigenvalue weighted by molar-refractivity contribution is 0.0698. The highest BCUT2D eigenvalue weighted by molar-refractivity contribution is 14.0. The maximum atomic E-state index is 5.49. The molecule has 0 aliphatic heterocycles. The average Bonchev–Trinajstić information content (AvgIpc) is 2.66. The zero-order valence-electron chi connectivity index (χ0n) is 18.2. The second kappa shape index (κ2) is 17.0. The van der Waals surface area contributed by atoms with Gasteiger partial charge in [0.1, 0.15) is 0 Å². The Bertz CT molecular complexity index is 541. The standard InChI is InChI=1S/C21H38N4O2.HI/c1-6-22-21(23-12-9-13-27-15-14-26-5)24-16-19-10-7-8-11-20(19)17-25(4)18(2)3;/h7-8,10-11,18H,6,9,12-17H2,1-5H3,(H2,22,23,24);1H. The first-order valence-corrected chi connectivity index (χ1v) is 9.94. The summed E-state index contributed by atoms with van der Waals surface area (Å²) in [5, 5.41) is 6.69. The van der Waals surface area contributed by atoms with Gasteiger partial charge in [0.05, 0.1) is 19.8 Å². The third-order valence-corrected chi connectivity index (χ3v) is 4.36. The number of nitrogens with one attached hydrogen (secondary N) is 2. The molecule has 6 nitrogen and oxygen atoms in total. The zero-order valence-corrected chi connectivity index (χ0v) is 20.5. The molecule has 7 heteroatoms. The van der Waals surface area contributed by atoms with Crippen molar-refractivity contribution in [2.45, 2.75) is 46.3 Å². The Morgan fingerprint density at radius 1 is 1.11 bits per heavy atom. The number of ether oxygens (including phenoxy) is 2. The van der Waals surface area contributed by atoms with Crippen LogP contribution in [0.2, 0.25) is 0 Å². The Morgan fingerprint density at radius 2 is 1.82 bits per heavy atom. The van der Waals surface area contributed by atoms with Crippen molar-refractivity contribution in [1.82, 2.24) is 15.5 Å². The van der Waals surface area contributed by atoms with Gasteiger partial charge in [-0.1, -0.05) is 24.3 Å². The third kappa shape index (κ3) is 11.8. The molecule has 0 atom stereocenters. The van der Waals surface area contributed by atoms with Crippen molar-refractivity contribution < 1.29 is 9.47 Å². The normalized spacial score (nSPS) is 11.6. The molecule has 1 rings (SSSR count). The number of aliphatic imine (C=N–C) groups is 1. The summed E-state index contributed by atoms with van der Waals surface area (Å²) >= 11 is 0. The molecule has 1 aromatic rings. The number of halogens is 1. The topological polar surface area (TPSA) is 58.1 Å². The Labute approximate surface area is 188 Å². The van der Waals surface area contributed by atoms with Crippen molar-refractivity contribution in [2.75, 3.05) is 47.1 Å². The van der Waals surface area contributed by atoms with Crippen molar-refractivity contribution >= 4 is 29.9 Å². The van der Waals surface area contributed by atoms with Crippen molar-refractivity contribution in [3.05, 3.63) is 35.4 Å². The predicted molar refractivity (Wildman–Crippen MR) is 129 cm³/mol. The van der Waals surface area contributed by atoms with E-state index in [1.807, 2.05) is 0 Å². The van der Waals surface area contributed by atoms with Crippen LogP contribution in [0.4, 0.5) is 0 Å². The average molecular weight is 506 g/mol. The van der Waals surface area contributed by atoms with Gasteiger partial charge < -0.3 is 20.1 Å². The first kappa shape index (κ1) is 27.1. The Hall–Kier alpha value is -0.900. The second-order valence-corrected chi connectivity index (χ2v) is 6.86. The number of benzene rings is 1. The summed E-state index contributed by atoms with van der Waals surface area (Å²) in [4.78, 5) is 7.10. The Balaban J connectivity index is 0.00000729. The van der Waals surface area contributed by atoms with E-state index in [1.165, 1.54) is 11.1 Å². The van der Waals surface area contributed by atoms with Crippen molar-refractivity contribution in [3.8, 4) is 0 Å². The largest absolute Gasteiger partial charge is 0.382 e. The maximum Gasteiger partial charge on any atom is 0.191 e. The van der Waals surface area contributed by atoms with Gasteiger partial charge in [-0.15, -0.1) is 24.0 Å². The van der Waals surface area contributed by atoms with E-state index in [1.54, 1.807) is 7.11 Å². The Morgan fingerprint density at radius 3 is 2.46 bits per heavy atom. The van der Waals surface area contributed by atoms with Gasteiger partial charge in [0.15, 0.2) is 5.96 Å². The molecule has 0 heterocycles. The highest BCUT2D eigenvalue weighted by Gasteiger charge is 2.08. The molecule has 0 aliphatic rings. The van der Waals surface area contributed by atoms with Crippen LogP contribution in [-0.2, 0) is 22.6 Å². The van der Waals surface area contributed by atoms with Crippen LogP contribution in [-0.4, -0.2) is 64.0 Å². The van der Waals surface area contributed by atoms with Crippen LogP contribution < -0.4 is 10.6 Å². The number of hydrogen-bond donors (Lipinski definition) is 2. The van der Waals surface area contributed by atoms with Crippen molar-refractivity contribution in [1.29, 1.82) is 0 Å². The van der Waals surface area contributed by atoms with Crippen molar-refractivity contribution in [3.63, 3.8) is 0 Å². The maximum absolute atomic E-state index is 5.49. The second-order valence-electron chi connectivity index (χ2n) is 6.86. The molecule has 2 N–H and O–H groups in total. The van der Waals surface area contributed by atoms with Crippen LogP contribution in [0.3, 0.4) is 0 Å². The molecule has 28 heavy (non-hydrogen) atoms. The summed E-state index contributed by atoms with van der Waals surface area (Å²) in [6.45, 7) is 11.8. The van der Waals surface area contributed by atoms with Gasteiger partial charge in [0.25, 0.3) is 0 Å². The van der Waals surface area contributed by atoms with E-state index in [9.17, 15) is 0 Å². The van der Waals surface area contributed by atoms with Crippen LogP contribution in [0, 0.1) is 0 Å². The number of nitrogens with zero attached hydrogens (tertiary/aromatic N) is 2. The lowest BCUT2D eigenvalue weighted by Crippen LogP contribution is -2.38. The van der Waals surface area contributed by atoms with Crippen LogP contribution >= 0.6 is 24.0 Å². The number of guanidine groups is 1. The SMILES string of the molecule is CCNC(=NCc1ccccc1CN(C)C(C)C)NCCCOCCOC.I. The minimum Gasteiger partial charge on any atom is -0.382 e. The van der Waals surface area contributed by atoms with E-state index < -0.39 is 0 Å². The molecule has 0 unspecified atom stereocenters. The summed E-state index contributed by atoms with van der Waals surface area (Å²) in [5.74, 6) is 0.849. The quantitative estimate of drug-likeness (QED) is 0.186. The molecule has 0 spiro atoms. The minimum absolute atomic E-state index is 0. The van der Waals surface area contributed by atoms with Gasteiger partial charge in [-0.3, -0.25) is 4.90 Å². The molecule has 0 aliphatic carbocycles. The molecule has 0 saturated heterocycles. The van der Waals surface area contributed by atoms with Gasteiger partial charge in [0, 0.05) is 39.4 Å². The van der Waals surface area contributed by atoms with Crippen LogP contribution in [0.25, 0.3) is 0 Å². The molecule has 162 valence electrons.